The van der Waals surface area contributed by atoms with Gasteiger partial charge in [-0.3, -0.25) is 0 Å². The lowest BCUT2D eigenvalue weighted by molar-refractivity contribution is 1.21. The molecule has 9 heavy (non-hydrogen) atoms. The highest BCUT2D eigenvalue weighted by Crippen LogP contribution is 1.78. The largest absolute Gasteiger partial charge is 0.250 e. The average Bonchev–Trinajstić information content (AvgIpc) is 1.89. The van der Waals surface area contributed by atoms with Gasteiger partial charge in [-0.05, 0) is 13.3 Å². The van der Waals surface area contributed by atoms with Crippen LogP contribution in [0.5, 0.6) is 0 Å². The molecule has 0 saturated carbocycles. The van der Waals surface area contributed by atoms with E-state index in [9.17, 15) is 0 Å². The maximum atomic E-state index is 3.85. The first-order chi connectivity index (χ1) is 4.41. The van der Waals surface area contributed by atoms with E-state index in [0.29, 0.717) is 0 Å². The van der Waals surface area contributed by atoms with Crippen LogP contribution in [0.15, 0.2) is 22.3 Å². The standard InChI is InChI=1S/C7H12N2/c1-3-5-6-9-7-8-4-2/h4-7H,3H2,1-2H3/b6-5-,8-4-,9-7-. The lowest BCUT2D eigenvalue weighted by Crippen LogP contribution is -1.63. The van der Waals surface area contributed by atoms with Crippen molar-refractivity contribution in [3.8, 4) is 0 Å². The summed E-state index contributed by atoms with van der Waals surface area (Å²) in [5, 5.41) is 0. The molecule has 0 heterocycles. The summed E-state index contributed by atoms with van der Waals surface area (Å²) in [7, 11) is 0. The highest BCUT2D eigenvalue weighted by atomic mass is 14.8. The third-order valence-corrected chi connectivity index (χ3v) is 0.710. The molecule has 2 nitrogen and oxygen atoms in total. The molecule has 0 aliphatic heterocycles. The van der Waals surface area contributed by atoms with Crippen LogP contribution < -0.4 is 0 Å². The quantitative estimate of drug-likeness (QED) is 0.406. The summed E-state index contributed by atoms with van der Waals surface area (Å²) in [5.41, 5.74) is 0. The second-order valence-electron chi connectivity index (χ2n) is 1.46. The van der Waals surface area contributed by atoms with Gasteiger partial charge in [-0.2, -0.15) is 0 Å². The molecule has 50 valence electrons. The Labute approximate surface area is 56.0 Å². The molecule has 0 unspecified atom stereocenters. The second-order valence-corrected chi connectivity index (χ2v) is 1.46. The monoisotopic (exact) mass is 124 g/mol. The summed E-state index contributed by atoms with van der Waals surface area (Å²) in [6.45, 7) is 3.92. The van der Waals surface area contributed by atoms with Gasteiger partial charge in [0.2, 0.25) is 0 Å². The molecule has 0 aromatic rings. The molecule has 0 atom stereocenters. The number of hydrogen-bond donors (Lipinski definition) is 0. The normalized spacial score (nSPS) is 12.7. The Bertz CT molecular complexity index is 123. The third-order valence-electron chi connectivity index (χ3n) is 0.710. The van der Waals surface area contributed by atoms with Crippen molar-refractivity contribution < 1.29 is 0 Å². The maximum absolute atomic E-state index is 3.85. The second kappa shape index (κ2) is 7.08. The van der Waals surface area contributed by atoms with Crippen molar-refractivity contribution in [1.29, 1.82) is 0 Å². The van der Waals surface area contributed by atoms with Crippen molar-refractivity contribution >= 4 is 12.6 Å². The minimum Gasteiger partial charge on any atom is -0.250 e. The summed E-state index contributed by atoms with van der Waals surface area (Å²) < 4.78 is 0. The molecule has 0 amide bonds. The van der Waals surface area contributed by atoms with E-state index in [1.54, 1.807) is 12.4 Å². The van der Waals surface area contributed by atoms with Crippen molar-refractivity contribution in [2.24, 2.45) is 9.98 Å². The molecule has 0 aliphatic rings. The minimum atomic E-state index is 1.02. The molecule has 0 aliphatic carbocycles. The minimum absolute atomic E-state index is 1.02. The zero-order valence-corrected chi connectivity index (χ0v) is 5.91. The SMILES string of the molecule is C\C=N/C=N\C=C/CC. The van der Waals surface area contributed by atoms with Gasteiger partial charge >= 0.3 is 0 Å². The van der Waals surface area contributed by atoms with Gasteiger partial charge in [-0.15, -0.1) is 0 Å². The predicted octanol–water partition coefficient (Wildman–Crippen LogP) is 2.03. The Balaban J connectivity index is 3.35. The van der Waals surface area contributed by atoms with Crippen molar-refractivity contribution in [2.45, 2.75) is 20.3 Å². The number of rotatable bonds is 3. The van der Waals surface area contributed by atoms with E-state index in [1.165, 1.54) is 6.34 Å². The van der Waals surface area contributed by atoms with E-state index in [2.05, 4.69) is 16.9 Å². The van der Waals surface area contributed by atoms with Gasteiger partial charge in [0.05, 0.1) is 0 Å². The van der Waals surface area contributed by atoms with E-state index in [4.69, 9.17) is 0 Å². The van der Waals surface area contributed by atoms with Gasteiger partial charge < -0.3 is 0 Å². The number of allylic oxidation sites excluding steroid dienone is 1. The van der Waals surface area contributed by atoms with E-state index < -0.39 is 0 Å². The zero-order chi connectivity index (χ0) is 6.95. The first-order valence-corrected chi connectivity index (χ1v) is 3.06. The van der Waals surface area contributed by atoms with Crippen LogP contribution in [0.2, 0.25) is 0 Å². The van der Waals surface area contributed by atoms with Crippen molar-refractivity contribution in [2.75, 3.05) is 0 Å². The van der Waals surface area contributed by atoms with Crippen LogP contribution in [0, 0.1) is 0 Å². The summed E-state index contributed by atoms with van der Waals surface area (Å²) in [6, 6.07) is 0. The maximum Gasteiger partial charge on any atom is 0.114 e. The molecule has 0 rings (SSSR count). The van der Waals surface area contributed by atoms with Crippen LogP contribution in [0.3, 0.4) is 0 Å². The van der Waals surface area contributed by atoms with Crippen LogP contribution in [0.25, 0.3) is 0 Å². The fourth-order valence-electron chi connectivity index (χ4n) is 0.310. The number of hydrogen-bond acceptors (Lipinski definition) is 1. The molecule has 0 saturated heterocycles. The van der Waals surface area contributed by atoms with E-state index >= 15 is 0 Å². The molecule has 0 bridgehead atoms. The molecule has 0 spiro atoms. The third kappa shape index (κ3) is 7.08. The summed E-state index contributed by atoms with van der Waals surface area (Å²) in [5.74, 6) is 0. The molecule has 0 fully saturated rings. The molecule has 0 aromatic heterocycles. The van der Waals surface area contributed by atoms with Crippen molar-refractivity contribution in [3.05, 3.63) is 12.3 Å². The van der Waals surface area contributed by atoms with Gasteiger partial charge in [-0.1, -0.05) is 13.0 Å². The number of nitrogens with zero attached hydrogens (tertiary/aromatic N) is 2. The lowest BCUT2D eigenvalue weighted by atomic mass is 10.5. The highest BCUT2D eigenvalue weighted by molar-refractivity contribution is 5.70. The molecule has 0 N–H and O–H groups in total. The topological polar surface area (TPSA) is 24.7 Å². The van der Waals surface area contributed by atoms with E-state index in [0.717, 1.165) is 6.42 Å². The van der Waals surface area contributed by atoms with Crippen LogP contribution in [0.4, 0.5) is 0 Å². The predicted molar refractivity (Wildman–Crippen MR) is 42.1 cm³/mol. The Hall–Kier alpha value is -0.920. The average molecular weight is 124 g/mol. The van der Waals surface area contributed by atoms with E-state index in [-0.39, 0.29) is 0 Å². The van der Waals surface area contributed by atoms with Gasteiger partial charge in [0.15, 0.2) is 0 Å². The number of aliphatic imine (C=N–C) groups is 2. The Morgan fingerprint density at radius 2 is 2.11 bits per heavy atom. The summed E-state index contributed by atoms with van der Waals surface area (Å²) >= 11 is 0. The van der Waals surface area contributed by atoms with Crippen LogP contribution in [-0.4, -0.2) is 12.6 Å². The molecular formula is C7H12N2. The van der Waals surface area contributed by atoms with Crippen molar-refractivity contribution in [3.63, 3.8) is 0 Å². The fourth-order valence-corrected chi connectivity index (χ4v) is 0.310. The van der Waals surface area contributed by atoms with Crippen molar-refractivity contribution in [1.82, 2.24) is 0 Å². The van der Waals surface area contributed by atoms with E-state index in [1.807, 2.05) is 13.0 Å². The van der Waals surface area contributed by atoms with Crippen LogP contribution in [0.1, 0.15) is 20.3 Å². The van der Waals surface area contributed by atoms with Crippen LogP contribution >= 0.6 is 0 Å². The molecule has 0 radical (unpaired) electrons. The Morgan fingerprint density at radius 3 is 2.67 bits per heavy atom. The lowest BCUT2D eigenvalue weighted by Gasteiger charge is -1.73. The van der Waals surface area contributed by atoms with Gasteiger partial charge in [-0.25, -0.2) is 9.98 Å². The van der Waals surface area contributed by atoms with Crippen LogP contribution in [-0.2, 0) is 0 Å². The zero-order valence-electron chi connectivity index (χ0n) is 5.91. The molecule has 2 heteroatoms. The van der Waals surface area contributed by atoms with Gasteiger partial charge in [0.1, 0.15) is 6.34 Å². The first kappa shape index (κ1) is 8.08. The Morgan fingerprint density at radius 1 is 1.33 bits per heavy atom. The summed E-state index contributed by atoms with van der Waals surface area (Å²) in [4.78, 5) is 7.62. The molecular weight excluding hydrogens is 112 g/mol. The van der Waals surface area contributed by atoms with Gasteiger partial charge in [0, 0.05) is 12.4 Å². The highest BCUT2D eigenvalue weighted by Gasteiger charge is 1.60. The first-order valence-electron chi connectivity index (χ1n) is 3.06. The van der Waals surface area contributed by atoms with Gasteiger partial charge in [0.25, 0.3) is 0 Å². The molecule has 0 aromatic carbocycles. The fraction of sp³-hybridized carbons (Fsp3) is 0.429. The smallest absolute Gasteiger partial charge is 0.114 e. The Kier molecular flexibility index (Phi) is 6.36. The summed E-state index contributed by atoms with van der Waals surface area (Å²) in [6.07, 6.45) is 7.96.